The second-order valence-corrected chi connectivity index (χ2v) is 6.44. The van der Waals surface area contributed by atoms with Crippen LogP contribution in [-0.2, 0) is 9.53 Å². The molecule has 3 aromatic rings. The Morgan fingerprint density at radius 2 is 1.85 bits per heavy atom. The molecule has 27 heavy (non-hydrogen) atoms. The van der Waals surface area contributed by atoms with E-state index in [1.54, 1.807) is 13.0 Å². The maximum Gasteiger partial charge on any atom is 0.306 e. The summed E-state index contributed by atoms with van der Waals surface area (Å²) in [6.45, 7) is 1.96. The summed E-state index contributed by atoms with van der Waals surface area (Å²) in [7, 11) is 0. The largest absolute Gasteiger partial charge is 0.506 e. The molecule has 0 aliphatic heterocycles. The molecule has 1 N–H and O–H groups in total. The molecule has 6 heteroatoms. The summed E-state index contributed by atoms with van der Waals surface area (Å²) < 4.78 is 4.82. The first-order chi connectivity index (χ1) is 13.0. The van der Waals surface area contributed by atoms with E-state index in [0.29, 0.717) is 15.9 Å². The van der Waals surface area contributed by atoms with Crippen molar-refractivity contribution in [2.24, 2.45) is 0 Å². The fraction of sp³-hybridized carbons (Fsp3) is 0.190. The number of carbonyl (C=O) groups is 2. The zero-order valence-corrected chi connectivity index (χ0v) is 15.5. The number of fused-ring (bicyclic) bond motifs is 1. The van der Waals surface area contributed by atoms with Gasteiger partial charge in [-0.1, -0.05) is 35.9 Å². The molecule has 2 aromatic carbocycles. The minimum atomic E-state index is -0.450. The molecule has 0 atom stereocenters. The average molecular weight is 384 g/mol. The fourth-order valence-corrected chi connectivity index (χ4v) is 2.97. The number of esters is 1. The molecule has 0 radical (unpaired) electrons. The lowest BCUT2D eigenvalue weighted by atomic mass is 10.0. The van der Waals surface area contributed by atoms with Gasteiger partial charge in [-0.15, -0.1) is 0 Å². The molecule has 138 valence electrons. The Hall–Kier alpha value is -2.92. The van der Waals surface area contributed by atoms with Gasteiger partial charge in [-0.3, -0.25) is 9.59 Å². The Bertz CT molecular complexity index is 1020. The number of ketones is 1. The molecule has 3 rings (SSSR count). The number of benzene rings is 2. The van der Waals surface area contributed by atoms with Gasteiger partial charge in [-0.25, -0.2) is 4.98 Å². The molecule has 0 saturated carbocycles. The van der Waals surface area contributed by atoms with Crippen LogP contribution in [0.3, 0.4) is 0 Å². The van der Waals surface area contributed by atoms with E-state index in [1.165, 1.54) is 6.07 Å². The van der Waals surface area contributed by atoms with E-state index in [0.717, 1.165) is 11.1 Å². The quantitative estimate of drug-likeness (QED) is 0.489. The molecule has 1 heterocycles. The van der Waals surface area contributed by atoms with E-state index in [-0.39, 0.29) is 30.9 Å². The second-order valence-electron chi connectivity index (χ2n) is 6.00. The number of ether oxygens (including phenoxy) is 1. The third-order valence-corrected chi connectivity index (χ3v) is 4.32. The summed E-state index contributed by atoms with van der Waals surface area (Å²) in [5.74, 6) is -1.06. The third-order valence-electron chi connectivity index (χ3n) is 4.08. The lowest BCUT2D eigenvalue weighted by Gasteiger charge is -2.08. The maximum absolute atomic E-state index is 12.4. The van der Waals surface area contributed by atoms with Gasteiger partial charge in [0, 0.05) is 16.8 Å². The van der Waals surface area contributed by atoms with Crippen molar-refractivity contribution in [3.8, 4) is 16.9 Å². The van der Waals surface area contributed by atoms with Crippen molar-refractivity contribution < 1.29 is 19.4 Å². The van der Waals surface area contributed by atoms with Crippen molar-refractivity contribution in [3.05, 3.63) is 59.2 Å². The van der Waals surface area contributed by atoms with Crippen molar-refractivity contribution in [2.75, 3.05) is 6.61 Å². The Kier molecular flexibility index (Phi) is 5.72. The van der Waals surface area contributed by atoms with Gasteiger partial charge in [-0.05, 0) is 42.3 Å². The molecule has 0 saturated heterocycles. The van der Waals surface area contributed by atoms with Gasteiger partial charge >= 0.3 is 5.97 Å². The Balaban J connectivity index is 1.91. The van der Waals surface area contributed by atoms with Gasteiger partial charge < -0.3 is 9.84 Å². The molecule has 0 fully saturated rings. The standard InChI is InChI=1S/C21H18ClNO4/c1-2-27-20(26)9-8-18(24)21-19(25)12-15-7-6-14(11-17(15)23-21)13-4-3-5-16(22)10-13/h3-7,10-12,25H,2,8-9H2,1H3. The van der Waals surface area contributed by atoms with Crippen LogP contribution in [0.15, 0.2) is 48.5 Å². The summed E-state index contributed by atoms with van der Waals surface area (Å²) in [5.41, 5.74) is 2.35. The number of aromatic nitrogens is 1. The van der Waals surface area contributed by atoms with E-state index in [1.807, 2.05) is 36.4 Å². The lowest BCUT2D eigenvalue weighted by Crippen LogP contribution is -2.09. The molecule has 1 aromatic heterocycles. The van der Waals surface area contributed by atoms with E-state index in [4.69, 9.17) is 16.3 Å². The Morgan fingerprint density at radius 1 is 1.07 bits per heavy atom. The van der Waals surface area contributed by atoms with Gasteiger partial charge in [0.2, 0.25) is 0 Å². The van der Waals surface area contributed by atoms with Crippen LogP contribution in [0, 0.1) is 0 Å². The van der Waals surface area contributed by atoms with E-state index in [2.05, 4.69) is 4.98 Å². The minimum absolute atomic E-state index is 0.0463. The molecule has 5 nitrogen and oxygen atoms in total. The predicted octanol–water partition coefficient (Wildman–Crippen LogP) is 4.79. The third kappa shape index (κ3) is 4.44. The van der Waals surface area contributed by atoms with Gasteiger partial charge in [0.25, 0.3) is 0 Å². The van der Waals surface area contributed by atoms with Crippen LogP contribution in [0.4, 0.5) is 0 Å². The number of hydrogen-bond acceptors (Lipinski definition) is 5. The first kappa shape index (κ1) is 18.9. The highest BCUT2D eigenvalue weighted by atomic mass is 35.5. The van der Waals surface area contributed by atoms with Crippen molar-refractivity contribution in [1.29, 1.82) is 0 Å². The predicted molar refractivity (Wildman–Crippen MR) is 104 cm³/mol. The highest BCUT2D eigenvalue weighted by Gasteiger charge is 2.16. The smallest absolute Gasteiger partial charge is 0.306 e. The molecule has 0 amide bonds. The van der Waals surface area contributed by atoms with E-state index < -0.39 is 11.8 Å². The molecular formula is C21H18ClNO4. The molecule has 0 bridgehead atoms. The summed E-state index contributed by atoms with van der Waals surface area (Å²) in [5, 5.41) is 11.5. The van der Waals surface area contributed by atoms with Crippen LogP contribution in [0.2, 0.25) is 5.02 Å². The van der Waals surface area contributed by atoms with Crippen LogP contribution in [-0.4, -0.2) is 28.4 Å². The van der Waals surface area contributed by atoms with Crippen LogP contribution in [0.5, 0.6) is 5.75 Å². The molecule has 0 aliphatic carbocycles. The van der Waals surface area contributed by atoms with Crippen LogP contribution in [0.1, 0.15) is 30.3 Å². The summed E-state index contributed by atoms with van der Waals surface area (Å²) in [6, 6.07) is 14.5. The maximum atomic E-state index is 12.4. The van der Waals surface area contributed by atoms with Gasteiger partial charge in [0.15, 0.2) is 5.78 Å². The summed E-state index contributed by atoms with van der Waals surface area (Å²) in [6.07, 6.45) is -0.118. The van der Waals surface area contributed by atoms with Crippen LogP contribution >= 0.6 is 11.6 Å². The second kappa shape index (κ2) is 8.18. The Labute approximate surface area is 161 Å². The number of rotatable bonds is 6. The number of aromatic hydroxyl groups is 1. The van der Waals surface area contributed by atoms with E-state index >= 15 is 0 Å². The Morgan fingerprint density at radius 3 is 2.59 bits per heavy atom. The zero-order chi connectivity index (χ0) is 19.4. The molecular weight excluding hydrogens is 366 g/mol. The SMILES string of the molecule is CCOC(=O)CCC(=O)c1nc2cc(-c3cccc(Cl)c3)ccc2cc1O. The number of pyridine rings is 1. The average Bonchev–Trinajstić information content (AvgIpc) is 2.65. The normalized spacial score (nSPS) is 10.7. The van der Waals surface area contributed by atoms with Gasteiger partial charge in [-0.2, -0.15) is 0 Å². The first-order valence-electron chi connectivity index (χ1n) is 8.56. The molecule has 0 spiro atoms. The lowest BCUT2D eigenvalue weighted by molar-refractivity contribution is -0.143. The topological polar surface area (TPSA) is 76.5 Å². The summed E-state index contributed by atoms with van der Waals surface area (Å²) in [4.78, 5) is 28.1. The fourth-order valence-electron chi connectivity index (χ4n) is 2.78. The molecule has 0 aliphatic rings. The summed E-state index contributed by atoms with van der Waals surface area (Å²) >= 11 is 6.05. The first-order valence-corrected chi connectivity index (χ1v) is 8.94. The highest BCUT2D eigenvalue weighted by molar-refractivity contribution is 6.30. The van der Waals surface area contributed by atoms with Crippen LogP contribution < -0.4 is 0 Å². The highest BCUT2D eigenvalue weighted by Crippen LogP contribution is 2.29. The van der Waals surface area contributed by atoms with Gasteiger partial charge in [0.05, 0.1) is 18.5 Å². The monoisotopic (exact) mass is 383 g/mol. The van der Waals surface area contributed by atoms with Crippen molar-refractivity contribution in [1.82, 2.24) is 4.98 Å². The van der Waals surface area contributed by atoms with Crippen LogP contribution in [0.25, 0.3) is 22.0 Å². The number of Topliss-reactive ketones (excluding diaryl/α,β-unsaturated/α-hetero) is 1. The van der Waals surface area contributed by atoms with Crippen molar-refractivity contribution in [2.45, 2.75) is 19.8 Å². The van der Waals surface area contributed by atoms with Crippen molar-refractivity contribution >= 4 is 34.3 Å². The zero-order valence-electron chi connectivity index (χ0n) is 14.7. The van der Waals surface area contributed by atoms with Gasteiger partial charge in [0.1, 0.15) is 11.4 Å². The van der Waals surface area contributed by atoms with E-state index in [9.17, 15) is 14.7 Å². The number of nitrogens with zero attached hydrogens (tertiary/aromatic N) is 1. The number of hydrogen-bond donors (Lipinski definition) is 1. The van der Waals surface area contributed by atoms with Crippen molar-refractivity contribution in [3.63, 3.8) is 0 Å². The molecule has 0 unspecified atom stereocenters. The minimum Gasteiger partial charge on any atom is -0.506 e. The number of halogens is 1. The number of carbonyl (C=O) groups excluding carboxylic acids is 2.